The second kappa shape index (κ2) is 3.58. The lowest BCUT2D eigenvalue weighted by molar-refractivity contribution is 1.02. The Morgan fingerprint density at radius 3 is 1.80 bits per heavy atom. The molecule has 0 N–H and O–H groups in total. The first-order valence-corrected chi connectivity index (χ1v) is 6.11. The molecule has 3 rings (SSSR count). The van der Waals surface area contributed by atoms with Crippen LogP contribution in [0.3, 0.4) is 0 Å². The van der Waals surface area contributed by atoms with E-state index in [4.69, 9.17) is 11.6 Å². The third kappa shape index (κ3) is 1.47. The van der Waals surface area contributed by atoms with Crippen molar-refractivity contribution in [1.29, 1.82) is 0 Å². The Morgan fingerprint density at radius 2 is 1.27 bits per heavy atom. The number of benzene rings is 2. The van der Waals surface area contributed by atoms with Crippen LogP contribution in [-0.2, 0) is 0 Å². The number of fused-ring (bicyclic) bond motifs is 2. The molecule has 0 atom stereocenters. The van der Waals surface area contributed by atoms with E-state index < -0.39 is 0 Å². The Balaban J connectivity index is 2.20. The SMILES string of the molecule is ClC1c2ccccc2Sc2ccccc21. The molecule has 0 radical (unpaired) electrons. The fourth-order valence-corrected chi connectivity index (χ4v) is 3.50. The molecule has 2 aromatic rings. The summed E-state index contributed by atoms with van der Waals surface area (Å²) in [6.07, 6.45) is 0. The van der Waals surface area contributed by atoms with Gasteiger partial charge in [-0.05, 0) is 23.3 Å². The highest BCUT2D eigenvalue weighted by atomic mass is 35.5. The van der Waals surface area contributed by atoms with Crippen molar-refractivity contribution >= 4 is 23.4 Å². The topological polar surface area (TPSA) is 0 Å². The summed E-state index contributed by atoms with van der Waals surface area (Å²) < 4.78 is 0. The van der Waals surface area contributed by atoms with Gasteiger partial charge < -0.3 is 0 Å². The van der Waals surface area contributed by atoms with Gasteiger partial charge in [0.2, 0.25) is 0 Å². The summed E-state index contributed by atoms with van der Waals surface area (Å²) in [6, 6.07) is 16.7. The van der Waals surface area contributed by atoms with Crippen LogP contribution in [0.5, 0.6) is 0 Å². The van der Waals surface area contributed by atoms with Gasteiger partial charge in [-0.25, -0.2) is 0 Å². The van der Waals surface area contributed by atoms with Gasteiger partial charge in [-0.1, -0.05) is 48.2 Å². The van der Waals surface area contributed by atoms with Gasteiger partial charge in [-0.3, -0.25) is 0 Å². The van der Waals surface area contributed by atoms with Gasteiger partial charge in [0, 0.05) is 9.79 Å². The normalized spacial score (nSPS) is 14.5. The maximum Gasteiger partial charge on any atom is 0.0857 e. The van der Waals surface area contributed by atoms with Gasteiger partial charge in [0.05, 0.1) is 5.38 Å². The molecule has 15 heavy (non-hydrogen) atoms. The standard InChI is InChI=1S/C13H9ClS/c14-13-9-5-1-3-7-11(9)15-12-8-4-2-6-10(12)13/h1-8,13H. The molecular weight excluding hydrogens is 224 g/mol. The third-order valence-electron chi connectivity index (χ3n) is 2.60. The third-order valence-corrected chi connectivity index (χ3v) is 4.26. The average molecular weight is 233 g/mol. The molecular formula is C13H9ClS. The van der Waals surface area contributed by atoms with Crippen molar-refractivity contribution in [3.05, 3.63) is 59.7 Å². The van der Waals surface area contributed by atoms with E-state index in [9.17, 15) is 0 Å². The van der Waals surface area contributed by atoms with Gasteiger partial charge in [0.25, 0.3) is 0 Å². The highest BCUT2D eigenvalue weighted by Crippen LogP contribution is 2.47. The second-order valence-electron chi connectivity index (χ2n) is 3.54. The summed E-state index contributed by atoms with van der Waals surface area (Å²) in [4.78, 5) is 2.55. The Bertz CT molecular complexity index is 462. The minimum Gasteiger partial charge on any atom is -0.113 e. The molecule has 0 spiro atoms. The molecule has 1 heterocycles. The van der Waals surface area contributed by atoms with Crippen LogP contribution in [0, 0.1) is 0 Å². The van der Waals surface area contributed by atoms with Gasteiger partial charge in [0.15, 0.2) is 0 Å². The van der Waals surface area contributed by atoms with E-state index in [0.717, 1.165) is 0 Å². The number of hydrogen-bond donors (Lipinski definition) is 0. The minimum absolute atomic E-state index is 0.00125. The van der Waals surface area contributed by atoms with Crippen molar-refractivity contribution in [3.8, 4) is 0 Å². The fourth-order valence-electron chi connectivity index (χ4n) is 1.85. The largest absolute Gasteiger partial charge is 0.113 e. The Kier molecular flexibility index (Phi) is 2.23. The smallest absolute Gasteiger partial charge is 0.0857 e. The lowest BCUT2D eigenvalue weighted by Crippen LogP contribution is -2.02. The zero-order valence-corrected chi connectivity index (χ0v) is 9.55. The van der Waals surface area contributed by atoms with Crippen molar-refractivity contribution in [1.82, 2.24) is 0 Å². The van der Waals surface area contributed by atoms with Crippen molar-refractivity contribution in [3.63, 3.8) is 0 Å². The van der Waals surface area contributed by atoms with E-state index in [1.165, 1.54) is 20.9 Å². The van der Waals surface area contributed by atoms with E-state index in [-0.39, 0.29) is 5.38 Å². The summed E-state index contributed by atoms with van der Waals surface area (Å²) in [5, 5.41) is -0.00125. The molecule has 0 fully saturated rings. The number of hydrogen-bond acceptors (Lipinski definition) is 1. The van der Waals surface area contributed by atoms with E-state index in [2.05, 4.69) is 36.4 Å². The predicted octanol–water partition coefficient (Wildman–Crippen LogP) is 4.48. The van der Waals surface area contributed by atoms with Crippen LogP contribution in [0.2, 0.25) is 0 Å². The molecule has 0 saturated heterocycles. The van der Waals surface area contributed by atoms with Crippen molar-refractivity contribution in [2.75, 3.05) is 0 Å². The molecule has 2 aromatic carbocycles. The number of halogens is 1. The molecule has 0 aliphatic carbocycles. The molecule has 0 unspecified atom stereocenters. The Morgan fingerprint density at radius 1 is 0.800 bits per heavy atom. The van der Waals surface area contributed by atoms with Gasteiger partial charge in [-0.15, -0.1) is 11.6 Å². The molecule has 0 nitrogen and oxygen atoms in total. The zero-order chi connectivity index (χ0) is 10.3. The van der Waals surface area contributed by atoms with Crippen molar-refractivity contribution in [2.45, 2.75) is 15.2 Å². The maximum absolute atomic E-state index is 6.46. The predicted molar refractivity (Wildman–Crippen MR) is 64.7 cm³/mol. The molecule has 74 valence electrons. The summed E-state index contributed by atoms with van der Waals surface area (Å²) in [5.74, 6) is 0. The minimum atomic E-state index is -0.00125. The van der Waals surface area contributed by atoms with Crippen LogP contribution in [-0.4, -0.2) is 0 Å². The van der Waals surface area contributed by atoms with Crippen LogP contribution in [0.4, 0.5) is 0 Å². The van der Waals surface area contributed by atoms with Gasteiger partial charge in [0.1, 0.15) is 0 Å². The van der Waals surface area contributed by atoms with Crippen LogP contribution in [0.25, 0.3) is 0 Å². The van der Waals surface area contributed by atoms with E-state index in [1.54, 1.807) is 11.8 Å². The summed E-state index contributed by atoms with van der Waals surface area (Å²) in [6.45, 7) is 0. The lowest BCUT2D eigenvalue weighted by atomic mass is 10.0. The quantitative estimate of drug-likeness (QED) is 0.604. The molecule has 0 aromatic heterocycles. The first-order valence-electron chi connectivity index (χ1n) is 4.86. The Labute approximate surface area is 98.3 Å². The monoisotopic (exact) mass is 232 g/mol. The zero-order valence-electron chi connectivity index (χ0n) is 7.98. The molecule has 1 aliphatic rings. The maximum atomic E-state index is 6.46. The van der Waals surface area contributed by atoms with Gasteiger partial charge in [-0.2, -0.15) is 0 Å². The van der Waals surface area contributed by atoms with Crippen LogP contribution >= 0.6 is 23.4 Å². The molecule has 0 amide bonds. The van der Waals surface area contributed by atoms with E-state index in [1.807, 2.05) is 12.1 Å². The highest BCUT2D eigenvalue weighted by molar-refractivity contribution is 7.99. The Hall–Kier alpha value is -0.920. The number of rotatable bonds is 0. The van der Waals surface area contributed by atoms with Crippen molar-refractivity contribution < 1.29 is 0 Å². The summed E-state index contributed by atoms with van der Waals surface area (Å²) in [5.41, 5.74) is 2.45. The second-order valence-corrected chi connectivity index (χ2v) is 5.06. The highest BCUT2D eigenvalue weighted by Gasteiger charge is 2.23. The van der Waals surface area contributed by atoms with Crippen LogP contribution in [0.15, 0.2) is 58.3 Å². The molecule has 1 aliphatic heterocycles. The number of alkyl halides is 1. The lowest BCUT2D eigenvalue weighted by Gasteiger charge is -2.23. The average Bonchev–Trinajstić information content (AvgIpc) is 2.30. The van der Waals surface area contributed by atoms with Crippen LogP contribution in [0.1, 0.15) is 16.5 Å². The van der Waals surface area contributed by atoms with Crippen LogP contribution < -0.4 is 0 Å². The summed E-state index contributed by atoms with van der Waals surface area (Å²) in [7, 11) is 0. The summed E-state index contributed by atoms with van der Waals surface area (Å²) >= 11 is 8.27. The van der Waals surface area contributed by atoms with E-state index >= 15 is 0 Å². The molecule has 0 bridgehead atoms. The first-order chi connectivity index (χ1) is 7.36. The first kappa shape index (κ1) is 9.32. The van der Waals surface area contributed by atoms with Gasteiger partial charge >= 0.3 is 0 Å². The molecule has 0 saturated carbocycles. The fraction of sp³-hybridized carbons (Fsp3) is 0.0769. The molecule has 2 heteroatoms. The van der Waals surface area contributed by atoms with E-state index in [0.29, 0.717) is 0 Å². The van der Waals surface area contributed by atoms with Crippen molar-refractivity contribution in [2.24, 2.45) is 0 Å².